The van der Waals surface area contributed by atoms with Gasteiger partial charge in [0.25, 0.3) is 0 Å². The first-order valence-corrected chi connectivity index (χ1v) is 3.67. The molecule has 0 N–H and O–H groups in total. The smallest absolute Gasteiger partial charge is 0.0242 e. The predicted molar refractivity (Wildman–Crippen MR) is 44.4 cm³/mol. The molecular formula is C9H15N. The molecule has 0 saturated carbocycles. The van der Waals surface area contributed by atoms with Crippen molar-refractivity contribution in [3.8, 4) is 0 Å². The van der Waals surface area contributed by atoms with Crippen LogP contribution in [0.5, 0.6) is 0 Å². The van der Waals surface area contributed by atoms with Crippen LogP contribution in [0.2, 0.25) is 0 Å². The van der Waals surface area contributed by atoms with Gasteiger partial charge in [0, 0.05) is 24.4 Å². The molecule has 0 bridgehead atoms. The second-order valence-electron chi connectivity index (χ2n) is 3.32. The number of nitrogens with zero attached hydrogens (tertiary/aromatic N) is 1. The molecule has 0 spiro atoms. The minimum Gasteiger partial charge on any atom is -0.354 e. The molecule has 56 valence electrons. The van der Waals surface area contributed by atoms with E-state index in [-0.39, 0.29) is 5.41 Å². The fourth-order valence-corrected chi connectivity index (χ4v) is 1.49. The highest BCUT2D eigenvalue weighted by Gasteiger charge is 2.26. The summed E-state index contributed by atoms with van der Waals surface area (Å²) in [6, 6.07) is 0. The van der Waals surface area contributed by atoms with E-state index in [1.807, 2.05) is 0 Å². The van der Waals surface area contributed by atoms with Crippen molar-refractivity contribution < 1.29 is 0 Å². The van der Waals surface area contributed by atoms with Crippen molar-refractivity contribution in [2.45, 2.75) is 20.8 Å². The van der Waals surface area contributed by atoms with Crippen molar-refractivity contribution in [1.29, 1.82) is 0 Å². The third kappa shape index (κ3) is 0.962. The van der Waals surface area contributed by atoms with Gasteiger partial charge >= 0.3 is 0 Å². The molecule has 1 aliphatic rings. The Morgan fingerprint density at radius 3 is 2.30 bits per heavy atom. The first-order chi connectivity index (χ1) is 4.58. The van der Waals surface area contributed by atoms with Gasteiger partial charge in [-0.05, 0) is 6.92 Å². The van der Waals surface area contributed by atoms with E-state index in [0.29, 0.717) is 0 Å². The molecular weight excluding hydrogens is 122 g/mol. The zero-order valence-electron chi connectivity index (χ0n) is 7.18. The standard InChI is InChI=1S/C9H15N/c1-5-8-9(2,3)6-7-10(8)4/h5-7H,1-4H3/b8-5+. The summed E-state index contributed by atoms with van der Waals surface area (Å²) in [5.74, 6) is 0. The van der Waals surface area contributed by atoms with E-state index < -0.39 is 0 Å². The quantitative estimate of drug-likeness (QED) is 0.495. The first kappa shape index (κ1) is 7.39. The lowest BCUT2D eigenvalue weighted by Gasteiger charge is -2.22. The predicted octanol–water partition coefficient (Wildman–Crippen LogP) is 2.38. The van der Waals surface area contributed by atoms with Gasteiger partial charge in [-0.1, -0.05) is 26.0 Å². The van der Waals surface area contributed by atoms with Crippen LogP contribution >= 0.6 is 0 Å². The van der Waals surface area contributed by atoms with E-state index in [1.54, 1.807) is 0 Å². The van der Waals surface area contributed by atoms with Crippen LogP contribution in [0.1, 0.15) is 20.8 Å². The van der Waals surface area contributed by atoms with Gasteiger partial charge in [0.2, 0.25) is 0 Å². The number of allylic oxidation sites excluding steroid dienone is 2. The van der Waals surface area contributed by atoms with Crippen LogP contribution in [0.15, 0.2) is 24.0 Å². The van der Waals surface area contributed by atoms with Gasteiger partial charge in [0.15, 0.2) is 0 Å². The topological polar surface area (TPSA) is 3.24 Å². The number of hydrogen-bond acceptors (Lipinski definition) is 1. The maximum atomic E-state index is 2.22. The van der Waals surface area contributed by atoms with E-state index in [0.717, 1.165) is 0 Å². The largest absolute Gasteiger partial charge is 0.354 e. The minimum atomic E-state index is 0.240. The van der Waals surface area contributed by atoms with E-state index in [9.17, 15) is 0 Å². The summed E-state index contributed by atoms with van der Waals surface area (Å²) in [4.78, 5) is 2.17. The summed E-state index contributed by atoms with van der Waals surface area (Å²) < 4.78 is 0. The molecule has 0 radical (unpaired) electrons. The molecule has 0 fully saturated rings. The fourth-order valence-electron chi connectivity index (χ4n) is 1.49. The fraction of sp³-hybridized carbons (Fsp3) is 0.556. The van der Waals surface area contributed by atoms with Crippen molar-refractivity contribution >= 4 is 0 Å². The van der Waals surface area contributed by atoms with E-state index >= 15 is 0 Å². The van der Waals surface area contributed by atoms with Crippen LogP contribution in [-0.2, 0) is 0 Å². The van der Waals surface area contributed by atoms with Gasteiger partial charge in [-0.25, -0.2) is 0 Å². The van der Waals surface area contributed by atoms with Gasteiger partial charge < -0.3 is 4.90 Å². The highest BCUT2D eigenvalue weighted by molar-refractivity contribution is 5.25. The summed E-state index contributed by atoms with van der Waals surface area (Å²) >= 11 is 0. The Labute approximate surface area is 63.0 Å². The average molecular weight is 137 g/mol. The second-order valence-corrected chi connectivity index (χ2v) is 3.32. The Bertz CT molecular complexity index is 187. The molecule has 0 atom stereocenters. The molecule has 1 nitrogen and oxygen atoms in total. The number of hydrogen-bond donors (Lipinski definition) is 0. The van der Waals surface area contributed by atoms with Crippen LogP contribution in [0.4, 0.5) is 0 Å². The highest BCUT2D eigenvalue weighted by Crippen LogP contribution is 2.35. The highest BCUT2D eigenvalue weighted by atomic mass is 15.1. The maximum absolute atomic E-state index is 2.22. The molecule has 1 aliphatic heterocycles. The zero-order chi connectivity index (χ0) is 7.78. The lowest BCUT2D eigenvalue weighted by atomic mass is 9.91. The summed E-state index contributed by atoms with van der Waals surface area (Å²) in [5.41, 5.74) is 1.62. The molecule has 0 aromatic carbocycles. The molecule has 0 unspecified atom stereocenters. The molecule has 1 rings (SSSR count). The van der Waals surface area contributed by atoms with Crippen LogP contribution in [0.3, 0.4) is 0 Å². The minimum absolute atomic E-state index is 0.240. The van der Waals surface area contributed by atoms with Gasteiger partial charge in [0.1, 0.15) is 0 Å². The summed E-state index contributed by atoms with van der Waals surface area (Å²) in [6.07, 6.45) is 6.51. The SMILES string of the molecule is C/C=C1/N(C)C=CC1(C)C. The zero-order valence-corrected chi connectivity index (χ0v) is 7.18. The van der Waals surface area contributed by atoms with Crippen LogP contribution < -0.4 is 0 Å². The van der Waals surface area contributed by atoms with Gasteiger partial charge in [-0.15, -0.1) is 0 Å². The van der Waals surface area contributed by atoms with E-state index in [1.165, 1.54) is 5.70 Å². The first-order valence-electron chi connectivity index (χ1n) is 3.67. The van der Waals surface area contributed by atoms with Crippen molar-refractivity contribution in [2.24, 2.45) is 5.41 Å². The van der Waals surface area contributed by atoms with Crippen molar-refractivity contribution in [3.63, 3.8) is 0 Å². The number of rotatable bonds is 0. The van der Waals surface area contributed by atoms with Gasteiger partial charge in [-0.2, -0.15) is 0 Å². The molecule has 0 aromatic rings. The molecule has 0 aromatic heterocycles. The molecule has 10 heavy (non-hydrogen) atoms. The molecule has 1 heteroatoms. The molecule has 1 heterocycles. The van der Waals surface area contributed by atoms with Crippen LogP contribution in [0, 0.1) is 5.41 Å². The van der Waals surface area contributed by atoms with Crippen molar-refractivity contribution in [1.82, 2.24) is 4.90 Å². The van der Waals surface area contributed by atoms with Gasteiger partial charge in [-0.3, -0.25) is 0 Å². The monoisotopic (exact) mass is 137 g/mol. The van der Waals surface area contributed by atoms with Crippen LogP contribution in [0.25, 0.3) is 0 Å². The Hall–Kier alpha value is -0.720. The van der Waals surface area contributed by atoms with Crippen molar-refractivity contribution in [2.75, 3.05) is 7.05 Å². The van der Waals surface area contributed by atoms with E-state index in [2.05, 4.69) is 51.1 Å². The molecule has 0 amide bonds. The Balaban J connectivity index is 2.93. The van der Waals surface area contributed by atoms with Gasteiger partial charge in [0.05, 0.1) is 0 Å². The normalized spacial score (nSPS) is 26.4. The summed E-state index contributed by atoms with van der Waals surface area (Å²) in [6.45, 7) is 6.53. The second kappa shape index (κ2) is 2.15. The maximum Gasteiger partial charge on any atom is 0.0242 e. The van der Waals surface area contributed by atoms with Crippen LogP contribution in [-0.4, -0.2) is 11.9 Å². The lowest BCUT2D eigenvalue weighted by molar-refractivity contribution is 0.462. The molecule has 0 aliphatic carbocycles. The third-order valence-electron chi connectivity index (χ3n) is 2.03. The Kier molecular flexibility index (Phi) is 1.59. The Morgan fingerprint density at radius 2 is 2.10 bits per heavy atom. The summed E-state index contributed by atoms with van der Waals surface area (Å²) in [5, 5.41) is 0. The van der Waals surface area contributed by atoms with Crippen molar-refractivity contribution in [3.05, 3.63) is 24.0 Å². The third-order valence-corrected chi connectivity index (χ3v) is 2.03. The average Bonchev–Trinajstić information content (AvgIpc) is 2.07. The van der Waals surface area contributed by atoms with E-state index in [4.69, 9.17) is 0 Å². The lowest BCUT2D eigenvalue weighted by Crippen LogP contribution is -2.16. The molecule has 0 saturated heterocycles. The summed E-state index contributed by atoms with van der Waals surface area (Å²) in [7, 11) is 2.08. The Morgan fingerprint density at radius 1 is 1.50 bits per heavy atom.